The van der Waals surface area contributed by atoms with Gasteiger partial charge in [0.1, 0.15) is 11.5 Å². The van der Waals surface area contributed by atoms with E-state index in [2.05, 4.69) is 0 Å². The van der Waals surface area contributed by atoms with E-state index >= 15 is 0 Å². The number of carbonyl (C=O) groups is 1. The molecule has 0 spiro atoms. The van der Waals surface area contributed by atoms with Crippen LogP contribution in [0.15, 0.2) is 53.4 Å². The lowest BCUT2D eigenvalue weighted by Gasteiger charge is -2.11. The largest absolute Gasteiger partial charge is 0.611 e. The van der Waals surface area contributed by atoms with Crippen molar-refractivity contribution >= 4 is 17.1 Å². The van der Waals surface area contributed by atoms with Gasteiger partial charge in [-0.1, -0.05) is 24.3 Å². The second-order valence-corrected chi connectivity index (χ2v) is 7.14. The Bertz CT molecular complexity index is 637. The van der Waals surface area contributed by atoms with Crippen LogP contribution in [0.4, 0.5) is 0 Å². The van der Waals surface area contributed by atoms with Crippen LogP contribution >= 0.6 is 0 Å². The molecule has 128 valence electrons. The fourth-order valence-corrected chi connectivity index (χ4v) is 3.55. The average Bonchev–Trinajstić information content (AvgIpc) is 2.59. The van der Waals surface area contributed by atoms with E-state index < -0.39 is 17.1 Å². The lowest BCUT2D eigenvalue weighted by atomic mass is 10.1. The summed E-state index contributed by atoms with van der Waals surface area (Å²) in [6.45, 7) is 0. The molecule has 4 nitrogen and oxygen atoms in total. The van der Waals surface area contributed by atoms with Gasteiger partial charge in [-0.2, -0.15) is 0 Å². The quantitative estimate of drug-likeness (QED) is 0.558. The van der Waals surface area contributed by atoms with Gasteiger partial charge in [0.15, 0.2) is 4.90 Å². The smallest absolute Gasteiger partial charge is 0.307 e. The van der Waals surface area contributed by atoms with E-state index in [-0.39, 0.29) is 6.42 Å². The van der Waals surface area contributed by atoms with E-state index in [1.807, 2.05) is 48.5 Å². The summed E-state index contributed by atoms with van der Waals surface area (Å²) in [6.07, 6.45) is 2.81. The summed E-state index contributed by atoms with van der Waals surface area (Å²) in [4.78, 5) is 11.5. The molecule has 2 rings (SSSR count). The molecule has 24 heavy (non-hydrogen) atoms. The van der Waals surface area contributed by atoms with Gasteiger partial charge in [-0.3, -0.25) is 4.79 Å². The normalized spacial score (nSPS) is 11.9. The van der Waals surface area contributed by atoms with E-state index in [0.29, 0.717) is 5.75 Å². The first-order chi connectivity index (χ1) is 11.6. The summed E-state index contributed by atoms with van der Waals surface area (Å²) in [5.41, 5.74) is 1.99. The van der Waals surface area contributed by atoms with Crippen LogP contribution < -0.4 is 4.74 Å². The molecule has 0 aromatic heterocycles. The number of rotatable bonds is 9. The van der Waals surface area contributed by atoms with Gasteiger partial charge < -0.3 is 14.4 Å². The highest BCUT2D eigenvalue weighted by Gasteiger charge is 2.10. The minimum Gasteiger partial charge on any atom is -0.611 e. The Kier molecular flexibility index (Phi) is 7.15. The van der Waals surface area contributed by atoms with Gasteiger partial charge in [0.05, 0.1) is 13.5 Å². The summed E-state index contributed by atoms with van der Waals surface area (Å²) in [5.74, 6) is 0.592. The Hall–Kier alpha value is -1.98. The lowest BCUT2D eigenvalue weighted by Crippen LogP contribution is -2.07. The number of carboxylic acids is 1. The Balaban J connectivity index is 1.72. The SMILES string of the molecule is COc1ccc([S+]([O-])CCCCc2ccc(CC(=O)O)cc2)cc1. The van der Waals surface area contributed by atoms with Crippen LogP contribution in [-0.4, -0.2) is 28.5 Å². The minimum absolute atomic E-state index is 0.0567. The Labute approximate surface area is 145 Å². The van der Waals surface area contributed by atoms with Gasteiger partial charge in [-0.15, -0.1) is 0 Å². The third-order valence-corrected chi connectivity index (χ3v) is 5.20. The first kappa shape index (κ1) is 18.4. The number of hydrogen-bond acceptors (Lipinski definition) is 3. The molecule has 5 heteroatoms. The van der Waals surface area contributed by atoms with Gasteiger partial charge in [-0.25, -0.2) is 0 Å². The lowest BCUT2D eigenvalue weighted by molar-refractivity contribution is -0.136. The molecule has 0 aliphatic heterocycles. The highest BCUT2D eigenvalue weighted by atomic mass is 32.2. The van der Waals surface area contributed by atoms with Crippen molar-refractivity contribution in [3.63, 3.8) is 0 Å². The van der Waals surface area contributed by atoms with Gasteiger partial charge in [-0.05, 0) is 65.8 Å². The third-order valence-electron chi connectivity index (χ3n) is 3.75. The molecular weight excluding hydrogens is 324 g/mol. The number of carboxylic acid groups (broad SMARTS) is 1. The molecule has 0 bridgehead atoms. The molecule has 0 aliphatic carbocycles. The predicted octanol–water partition coefficient (Wildman–Crippen LogP) is 3.45. The minimum atomic E-state index is -0.983. The van der Waals surface area contributed by atoms with Crippen LogP contribution in [0, 0.1) is 0 Å². The molecule has 0 heterocycles. The monoisotopic (exact) mass is 346 g/mol. The third kappa shape index (κ3) is 5.91. The molecule has 0 saturated heterocycles. The maximum absolute atomic E-state index is 12.2. The van der Waals surface area contributed by atoms with E-state index in [0.717, 1.165) is 35.5 Å². The molecule has 0 aliphatic rings. The summed E-state index contributed by atoms with van der Waals surface area (Å²) >= 11 is -0.983. The van der Waals surface area contributed by atoms with Gasteiger partial charge in [0.2, 0.25) is 0 Å². The summed E-state index contributed by atoms with van der Waals surface area (Å²) in [6, 6.07) is 15.0. The molecule has 0 amide bonds. The average molecular weight is 346 g/mol. The standard InChI is InChI=1S/C19H22O4S/c1-23-17-9-11-18(12-10-17)24(22)13-3-2-4-15-5-7-16(8-6-15)14-19(20)21/h5-12H,2-4,13-14H2,1H3,(H,20,21). The topological polar surface area (TPSA) is 69.6 Å². The van der Waals surface area contributed by atoms with Crippen LogP contribution in [0.5, 0.6) is 5.75 Å². The fraction of sp³-hybridized carbons (Fsp3) is 0.316. The molecule has 2 aromatic carbocycles. The van der Waals surface area contributed by atoms with Crippen molar-refractivity contribution in [2.75, 3.05) is 12.9 Å². The van der Waals surface area contributed by atoms with Crippen molar-refractivity contribution in [1.29, 1.82) is 0 Å². The second kappa shape index (κ2) is 9.35. The van der Waals surface area contributed by atoms with Crippen LogP contribution in [0.25, 0.3) is 0 Å². The predicted molar refractivity (Wildman–Crippen MR) is 95.0 cm³/mol. The Morgan fingerprint density at radius 1 is 1.04 bits per heavy atom. The number of methoxy groups -OCH3 is 1. The van der Waals surface area contributed by atoms with Crippen molar-refractivity contribution in [2.24, 2.45) is 0 Å². The fourth-order valence-electron chi connectivity index (χ4n) is 2.41. The molecular formula is C19H22O4S. The van der Waals surface area contributed by atoms with Gasteiger partial charge in [0.25, 0.3) is 0 Å². The molecule has 0 fully saturated rings. The molecule has 0 saturated carbocycles. The molecule has 1 N–H and O–H groups in total. The van der Waals surface area contributed by atoms with Crippen LogP contribution in [0.1, 0.15) is 24.0 Å². The number of benzene rings is 2. The zero-order valence-corrected chi connectivity index (χ0v) is 14.6. The number of aryl methyl sites for hydroxylation is 1. The van der Waals surface area contributed by atoms with Gasteiger partial charge in [0, 0.05) is 0 Å². The molecule has 2 aromatic rings. The van der Waals surface area contributed by atoms with E-state index in [9.17, 15) is 9.35 Å². The highest BCUT2D eigenvalue weighted by molar-refractivity contribution is 7.91. The Morgan fingerprint density at radius 2 is 1.67 bits per heavy atom. The second-order valence-electron chi connectivity index (χ2n) is 5.57. The van der Waals surface area contributed by atoms with E-state index in [1.165, 1.54) is 5.56 Å². The number of ether oxygens (including phenoxy) is 1. The maximum atomic E-state index is 12.2. The van der Waals surface area contributed by atoms with Gasteiger partial charge >= 0.3 is 5.97 Å². The number of unbranched alkanes of at least 4 members (excludes halogenated alkanes) is 1. The first-order valence-corrected chi connectivity index (χ1v) is 9.22. The maximum Gasteiger partial charge on any atom is 0.307 e. The zero-order chi connectivity index (χ0) is 17.4. The van der Waals surface area contributed by atoms with Crippen LogP contribution in [-0.2, 0) is 28.8 Å². The molecule has 1 atom stereocenters. The molecule has 1 unspecified atom stereocenters. The van der Waals surface area contributed by atoms with E-state index in [4.69, 9.17) is 9.84 Å². The van der Waals surface area contributed by atoms with Crippen LogP contribution in [0.2, 0.25) is 0 Å². The van der Waals surface area contributed by atoms with Crippen LogP contribution in [0.3, 0.4) is 0 Å². The summed E-state index contributed by atoms with van der Waals surface area (Å²) in [5, 5.41) is 8.75. The highest BCUT2D eigenvalue weighted by Crippen LogP contribution is 2.18. The number of aliphatic carboxylic acids is 1. The summed E-state index contributed by atoms with van der Waals surface area (Å²) < 4.78 is 17.3. The molecule has 0 radical (unpaired) electrons. The summed E-state index contributed by atoms with van der Waals surface area (Å²) in [7, 11) is 1.61. The van der Waals surface area contributed by atoms with E-state index in [1.54, 1.807) is 7.11 Å². The first-order valence-electron chi connectivity index (χ1n) is 7.90. The Morgan fingerprint density at radius 3 is 2.25 bits per heavy atom. The zero-order valence-electron chi connectivity index (χ0n) is 13.7. The van der Waals surface area contributed by atoms with Crippen molar-refractivity contribution in [2.45, 2.75) is 30.6 Å². The van der Waals surface area contributed by atoms with Crippen molar-refractivity contribution in [3.8, 4) is 5.75 Å². The van der Waals surface area contributed by atoms with Crippen molar-refractivity contribution in [3.05, 3.63) is 59.7 Å². The van der Waals surface area contributed by atoms with Crippen molar-refractivity contribution in [1.82, 2.24) is 0 Å². The number of hydrogen-bond donors (Lipinski definition) is 1. The van der Waals surface area contributed by atoms with Crippen molar-refractivity contribution < 1.29 is 19.2 Å².